The van der Waals surface area contributed by atoms with Crippen LogP contribution in [0.5, 0.6) is 0 Å². The number of piperidine rings is 1. The van der Waals surface area contributed by atoms with Gasteiger partial charge in [-0.2, -0.15) is 5.10 Å². The Labute approximate surface area is 198 Å². The maximum Gasteiger partial charge on any atom is 0.253 e. The van der Waals surface area contributed by atoms with Crippen LogP contribution in [0.3, 0.4) is 0 Å². The summed E-state index contributed by atoms with van der Waals surface area (Å²) in [4.78, 5) is 31.4. The van der Waals surface area contributed by atoms with Gasteiger partial charge in [0.1, 0.15) is 0 Å². The van der Waals surface area contributed by atoms with Crippen LogP contribution in [-0.2, 0) is 11.3 Å². The van der Waals surface area contributed by atoms with Crippen LogP contribution in [-0.4, -0.2) is 55.1 Å². The van der Waals surface area contributed by atoms with Crippen molar-refractivity contribution in [1.82, 2.24) is 34.8 Å². The molecule has 1 amide bonds. The quantitative estimate of drug-likeness (QED) is 0.569. The predicted octanol–water partition coefficient (Wildman–Crippen LogP) is 1.75. The van der Waals surface area contributed by atoms with Gasteiger partial charge in [-0.15, -0.1) is 10.2 Å². The molecular weight excluding hydrogens is 432 g/mol. The van der Waals surface area contributed by atoms with Crippen molar-refractivity contribution >= 4 is 11.7 Å². The summed E-state index contributed by atoms with van der Waals surface area (Å²) in [5, 5.41) is 16.2. The van der Waals surface area contributed by atoms with Crippen molar-refractivity contribution in [3.63, 3.8) is 0 Å². The summed E-state index contributed by atoms with van der Waals surface area (Å²) < 4.78 is 3.34. The van der Waals surface area contributed by atoms with Gasteiger partial charge in [-0.25, -0.2) is 9.67 Å². The fourth-order valence-corrected chi connectivity index (χ4v) is 4.49. The fourth-order valence-electron chi connectivity index (χ4n) is 4.49. The number of carbonyl (C=O) groups is 1. The van der Waals surface area contributed by atoms with Crippen LogP contribution in [0.2, 0.25) is 0 Å². The molecule has 34 heavy (non-hydrogen) atoms. The zero-order valence-electron chi connectivity index (χ0n) is 19.6. The van der Waals surface area contributed by atoms with Gasteiger partial charge < -0.3 is 10.2 Å². The molecule has 1 saturated carbocycles. The number of aromatic nitrogens is 6. The molecule has 3 aromatic rings. The highest BCUT2D eigenvalue weighted by atomic mass is 16.2. The van der Waals surface area contributed by atoms with E-state index in [1.807, 2.05) is 32.0 Å². The molecule has 1 N–H and O–H groups in total. The summed E-state index contributed by atoms with van der Waals surface area (Å²) in [6.07, 6.45) is 5.35. The van der Waals surface area contributed by atoms with E-state index in [9.17, 15) is 9.59 Å². The van der Waals surface area contributed by atoms with Crippen molar-refractivity contribution in [3.8, 4) is 5.82 Å². The first-order chi connectivity index (χ1) is 16.5. The van der Waals surface area contributed by atoms with Crippen molar-refractivity contribution in [3.05, 3.63) is 58.0 Å². The topological polar surface area (TPSA) is 111 Å². The normalized spacial score (nSPS) is 16.6. The van der Waals surface area contributed by atoms with Crippen LogP contribution >= 0.6 is 0 Å². The Morgan fingerprint density at radius 1 is 1.06 bits per heavy atom. The molecule has 0 aromatic carbocycles. The molecule has 4 heterocycles. The van der Waals surface area contributed by atoms with Crippen molar-refractivity contribution < 1.29 is 4.79 Å². The lowest BCUT2D eigenvalue weighted by Crippen LogP contribution is -2.42. The summed E-state index contributed by atoms with van der Waals surface area (Å²) in [5.41, 5.74) is 2.80. The zero-order valence-corrected chi connectivity index (χ0v) is 19.6. The van der Waals surface area contributed by atoms with Gasteiger partial charge in [-0.3, -0.25) is 14.2 Å². The number of hydrogen-bond acceptors (Lipinski definition) is 7. The van der Waals surface area contributed by atoms with Gasteiger partial charge in [0.2, 0.25) is 5.91 Å². The molecule has 0 unspecified atom stereocenters. The van der Waals surface area contributed by atoms with Gasteiger partial charge in [-0.1, -0.05) is 0 Å². The highest BCUT2D eigenvalue weighted by Crippen LogP contribution is 2.38. The third-order valence-corrected chi connectivity index (χ3v) is 6.60. The van der Waals surface area contributed by atoms with Crippen LogP contribution in [0.1, 0.15) is 48.7 Å². The lowest BCUT2D eigenvalue weighted by Gasteiger charge is -2.31. The van der Waals surface area contributed by atoms with Crippen molar-refractivity contribution in [2.24, 2.45) is 5.92 Å². The molecule has 2 aliphatic rings. The van der Waals surface area contributed by atoms with Gasteiger partial charge >= 0.3 is 0 Å². The molecule has 5 rings (SSSR count). The highest BCUT2D eigenvalue weighted by Gasteiger charge is 2.26. The third-order valence-electron chi connectivity index (χ3n) is 6.60. The van der Waals surface area contributed by atoms with Crippen molar-refractivity contribution in [1.29, 1.82) is 0 Å². The zero-order chi connectivity index (χ0) is 23.7. The molecule has 10 heteroatoms. The van der Waals surface area contributed by atoms with Gasteiger partial charge in [0.05, 0.1) is 17.7 Å². The molecule has 1 aliphatic carbocycles. The Balaban J connectivity index is 1.09. The van der Waals surface area contributed by atoms with E-state index in [1.54, 1.807) is 21.6 Å². The number of rotatable bonds is 7. The Morgan fingerprint density at radius 3 is 2.41 bits per heavy atom. The molecule has 10 nitrogen and oxygen atoms in total. The number of carbonyl (C=O) groups excluding carboxylic acids is 1. The summed E-state index contributed by atoms with van der Waals surface area (Å²) in [7, 11) is 0. The lowest BCUT2D eigenvalue weighted by atomic mass is 9.96. The van der Waals surface area contributed by atoms with E-state index >= 15 is 0 Å². The average Bonchev–Trinajstić information content (AvgIpc) is 3.64. The maximum absolute atomic E-state index is 12.6. The number of anilines is 1. The minimum Gasteiger partial charge on any atom is -0.355 e. The molecule has 0 radical (unpaired) electrons. The second-order valence-electron chi connectivity index (χ2n) is 9.26. The summed E-state index contributed by atoms with van der Waals surface area (Å²) in [6.45, 7) is 6.29. The number of amides is 1. The summed E-state index contributed by atoms with van der Waals surface area (Å²) in [5.74, 6) is 1.97. The Hall–Kier alpha value is -3.56. The highest BCUT2D eigenvalue weighted by molar-refractivity contribution is 5.78. The minimum atomic E-state index is -0.0514. The van der Waals surface area contributed by atoms with Crippen LogP contribution in [0.4, 0.5) is 5.82 Å². The molecule has 1 aliphatic heterocycles. The van der Waals surface area contributed by atoms with E-state index < -0.39 is 0 Å². The third kappa shape index (κ3) is 4.85. The lowest BCUT2D eigenvalue weighted by molar-refractivity contribution is -0.125. The smallest absolute Gasteiger partial charge is 0.253 e. The second-order valence-corrected chi connectivity index (χ2v) is 9.26. The largest absolute Gasteiger partial charge is 0.355 e. The van der Waals surface area contributed by atoms with Crippen molar-refractivity contribution in [2.75, 3.05) is 24.5 Å². The first-order valence-electron chi connectivity index (χ1n) is 11.9. The maximum atomic E-state index is 12.6. The van der Waals surface area contributed by atoms with E-state index in [2.05, 4.69) is 30.5 Å². The minimum absolute atomic E-state index is 0.0368. The van der Waals surface area contributed by atoms with Crippen LogP contribution in [0.15, 0.2) is 35.4 Å². The first kappa shape index (κ1) is 22.2. The predicted molar refractivity (Wildman–Crippen MR) is 127 cm³/mol. The molecule has 0 atom stereocenters. The number of aryl methyl sites for hydroxylation is 2. The van der Waals surface area contributed by atoms with Crippen LogP contribution < -0.4 is 15.8 Å². The molecule has 0 bridgehead atoms. The first-order valence-corrected chi connectivity index (χ1v) is 11.9. The molecule has 178 valence electrons. The van der Waals surface area contributed by atoms with Crippen LogP contribution in [0, 0.1) is 19.8 Å². The van der Waals surface area contributed by atoms with Crippen molar-refractivity contribution in [2.45, 2.75) is 52.0 Å². The number of nitrogens with zero attached hydrogens (tertiary/aromatic N) is 7. The van der Waals surface area contributed by atoms with E-state index in [4.69, 9.17) is 0 Å². The molecule has 0 spiro atoms. The number of nitrogens with one attached hydrogen (secondary N) is 1. The van der Waals surface area contributed by atoms with E-state index in [1.165, 1.54) is 0 Å². The molecule has 1 saturated heterocycles. The second kappa shape index (κ2) is 9.36. The number of hydrogen-bond donors (Lipinski definition) is 1. The van der Waals surface area contributed by atoms with Gasteiger partial charge in [0.15, 0.2) is 11.6 Å². The molecular formula is C24H30N8O2. The summed E-state index contributed by atoms with van der Waals surface area (Å²) >= 11 is 0. The van der Waals surface area contributed by atoms with E-state index in [0.717, 1.165) is 61.7 Å². The fraction of sp³-hybridized carbons (Fsp3) is 0.500. The standard InChI is InChI=1S/C24H30N8O2/c1-16-13-17(2)32(29-16)22-6-5-21(27-28-22)30-10-7-19(8-11-30)24(34)25-9-12-31-15-26-20(14-23(31)33)18-3-4-18/h5-6,13-15,18-19H,3-4,7-12H2,1-2H3,(H,25,34). The Kier molecular flexibility index (Phi) is 6.12. The van der Waals surface area contributed by atoms with Gasteiger partial charge in [0, 0.05) is 49.8 Å². The molecule has 2 fully saturated rings. The molecule has 3 aromatic heterocycles. The summed E-state index contributed by atoms with van der Waals surface area (Å²) in [6, 6.07) is 7.52. The van der Waals surface area contributed by atoms with E-state index in [0.29, 0.717) is 24.8 Å². The van der Waals surface area contributed by atoms with Gasteiger partial charge in [-0.05, 0) is 57.7 Å². The average molecular weight is 463 g/mol. The van der Waals surface area contributed by atoms with E-state index in [-0.39, 0.29) is 17.4 Å². The van der Waals surface area contributed by atoms with Crippen LogP contribution in [0.25, 0.3) is 5.82 Å². The monoisotopic (exact) mass is 462 g/mol. The Bertz CT molecular complexity index is 1220. The van der Waals surface area contributed by atoms with Gasteiger partial charge in [0.25, 0.3) is 5.56 Å². The Morgan fingerprint density at radius 2 is 1.79 bits per heavy atom. The SMILES string of the molecule is Cc1cc(C)n(-c2ccc(N3CCC(C(=O)NCCn4cnc(C5CC5)cc4=O)CC3)nn2)n1.